The van der Waals surface area contributed by atoms with Crippen LogP contribution in [0.3, 0.4) is 0 Å². The van der Waals surface area contributed by atoms with Gasteiger partial charge in [0.15, 0.2) is 0 Å². The van der Waals surface area contributed by atoms with Gasteiger partial charge in [-0.2, -0.15) is 5.26 Å². The first-order chi connectivity index (χ1) is 4.81. The van der Waals surface area contributed by atoms with Crippen LogP contribution < -0.4 is 0 Å². The first-order valence-corrected chi connectivity index (χ1v) is 3.86. The molecule has 2 heteroatoms. The molecular weight excluding hydrogens is 126 g/mol. The Morgan fingerprint density at radius 3 is 2.70 bits per heavy atom. The highest BCUT2D eigenvalue weighted by Crippen LogP contribution is 2.04. The molecule has 0 rings (SSSR count). The van der Waals surface area contributed by atoms with E-state index < -0.39 is 0 Å². The fourth-order valence-electron chi connectivity index (χ4n) is 0.788. The smallest absolute Gasteiger partial charge is 0.0621 e. The van der Waals surface area contributed by atoms with Crippen LogP contribution in [-0.4, -0.2) is 11.2 Å². The first kappa shape index (κ1) is 9.45. The molecule has 0 fully saturated rings. The lowest BCUT2D eigenvalue weighted by Gasteiger charge is -2.04. The summed E-state index contributed by atoms with van der Waals surface area (Å²) in [5.41, 5.74) is 0. The second kappa shape index (κ2) is 6.57. The lowest BCUT2D eigenvalue weighted by molar-refractivity contribution is 0.157. The third-order valence-corrected chi connectivity index (χ3v) is 1.55. The van der Waals surface area contributed by atoms with E-state index in [0.717, 1.165) is 25.7 Å². The number of unbranched alkanes of at least 4 members (excludes halogenated alkanes) is 2. The quantitative estimate of drug-likeness (QED) is 0.594. The van der Waals surface area contributed by atoms with E-state index in [1.165, 1.54) is 0 Å². The molecule has 0 aromatic heterocycles. The van der Waals surface area contributed by atoms with Gasteiger partial charge < -0.3 is 5.11 Å². The average molecular weight is 141 g/mol. The summed E-state index contributed by atoms with van der Waals surface area (Å²) in [6, 6.07) is 2.08. The van der Waals surface area contributed by atoms with Gasteiger partial charge in [0.25, 0.3) is 0 Å². The normalized spacial score (nSPS) is 12.5. The summed E-state index contributed by atoms with van der Waals surface area (Å²) in [6.07, 6.45) is 4.04. The van der Waals surface area contributed by atoms with Gasteiger partial charge in [-0.3, -0.25) is 0 Å². The second-order valence-electron chi connectivity index (χ2n) is 2.47. The maximum absolute atomic E-state index is 9.07. The number of aliphatic hydroxyl groups is 1. The van der Waals surface area contributed by atoms with Crippen LogP contribution in [0.2, 0.25) is 0 Å². The molecule has 0 spiro atoms. The van der Waals surface area contributed by atoms with Crippen LogP contribution in [0.25, 0.3) is 0 Å². The molecule has 0 saturated carbocycles. The number of hydrogen-bond acceptors (Lipinski definition) is 2. The van der Waals surface area contributed by atoms with Crippen LogP contribution in [0.5, 0.6) is 0 Å². The van der Waals surface area contributed by atoms with Crippen molar-refractivity contribution < 1.29 is 5.11 Å². The molecule has 0 aromatic carbocycles. The topological polar surface area (TPSA) is 44.0 Å². The van der Waals surface area contributed by atoms with Gasteiger partial charge in [0, 0.05) is 6.42 Å². The molecule has 58 valence electrons. The highest BCUT2D eigenvalue weighted by molar-refractivity contribution is 4.68. The maximum atomic E-state index is 9.07. The zero-order valence-electron chi connectivity index (χ0n) is 6.51. The fourth-order valence-corrected chi connectivity index (χ4v) is 0.788. The first-order valence-electron chi connectivity index (χ1n) is 3.86. The summed E-state index contributed by atoms with van der Waals surface area (Å²) >= 11 is 0. The molecule has 0 aromatic rings. The Kier molecular flexibility index (Phi) is 6.21. The van der Waals surface area contributed by atoms with Crippen molar-refractivity contribution >= 4 is 0 Å². The number of nitriles is 1. The van der Waals surface area contributed by atoms with Gasteiger partial charge in [0.05, 0.1) is 12.2 Å². The van der Waals surface area contributed by atoms with E-state index in [9.17, 15) is 0 Å². The van der Waals surface area contributed by atoms with E-state index in [-0.39, 0.29) is 6.10 Å². The summed E-state index contributed by atoms with van der Waals surface area (Å²) in [4.78, 5) is 0. The van der Waals surface area contributed by atoms with Crippen LogP contribution in [0.1, 0.15) is 39.0 Å². The van der Waals surface area contributed by atoms with Gasteiger partial charge in [-0.25, -0.2) is 0 Å². The Bertz CT molecular complexity index is 106. The predicted molar refractivity (Wildman–Crippen MR) is 40.4 cm³/mol. The third kappa shape index (κ3) is 5.58. The minimum absolute atomic E-state index is 0.154. The number of hydrogen-bond donors (Lipinski definition) is 1. The second-order valence-corrected chi connectivity index (χ2v) is 2.47. The number of aliphatic hydroxyl groups excluding tert-OH is 1. The van der Waals surface area contributed by atoms with Gasteiger partial charge in [0.1, 0.15) is 0 Å². The highest BCUT2D eigenvalue weighted by Gasteiger charge is 1.98. The molecule has 0 bridgehead atoms. The van der Waals surface area contributed by atoms with Gasteiger partial charge in [-0.15, -0.1) is 0 Å². The van der Waals surface area contributed by atoms with E-state index in [4.69, 9.17) is 10.4 Å². The van der Waals surface area contributed by atoms with E-state index in [0.29, 0.717) is 6.42 Å². The molecule has 0 aliphatic carbocycles. The monoisotopic (exact) mass is 141 g/mol. The number of nitrogens with zero attached hydrogens (tertiary/aromatic N) is 1. The molecule has 1 N–H and O–H groups in total. The van der Waals surface area contributed by atoms with Crippen LogP contribution in [0, 0.1) is 11.3 Å². The molecule has 10 heavy (non-hydrogen) atoms. The van der Waals surface area contributed by atoms with E-state index >= 15 is 0 Å². The van der Waals surface area contributed by atoms with Gasteiger partial charge >= 0.3 is 0 Å². The molecule has 0 amide bonds. The lowest BCUT2D eigenvalue weighted by atomic mass is 10.1. The minimum Gasteiger partial charge on any atom is -0.393 e. The molecule has 0 saturated heterocycles. The molecular formula is C8H15NO. The maximum Gasteiger partial charge on any atom is 0.0621 e. The van der Waals surface area contributed by atoms with Crippen LogP contribution in [0.4, 0.5) is 0 Å². The van der Waals surface area contributed by atoms with Crippen molar-refractivity contribution in [3.63, 3.8) is 0 Å². The van der Waals surface area contributed by atoms with Crippen molar-refractivity contribution in [3.05, 3.63) is 0 Å². The molecule has 0 aliphatic heterocycles. The standard InChI is InChI=1S/C8H15NO/c1-2-8(10)6-4-3-5-7-9/h8,10H,2-6H2,1H3/t8-/m1/s1. The molecule has 0 unspecified atom stereocenters. The zero-order valence-corrected chi connectivity index (χ0v) is 6.51. The molecule has 2 nitrogen and oxygen atoms in total. The molecule has 1 atom stereocenters. The Balaban J connectivity index is 2.98. The van der Waals surface area contributed by atoms with Gasteiger partial charge in [-0.05, 0) is 25.7 Å². The lowest BCUT2D eigenvalue weighted by Crippen LogP contribution is -2.02. The van der Waals surface area contributed by atoms with Crippen molar-refractivity contribution in [2.45, 2.75) is 45.1 Å². The number of rotatable bonds is 5. The van der Waals surface area contributed by atoms with Crippen molar-refractivity contribution in [1.29, 1.82) is 5.26 Å². The SMILES string of the molecule is CC[C@@H](O)CCCCC#N. The van der Waals surface area contributed by atoms with Crippen LogP contribution in [0.15, 0.2) is 0 Å². The Morgan fingerprint density at radius 2 is 2.20 bits per heavy atom. The van der Waals surface area contributed by atoms with Crippen molar-refractivity contribution in [3.8, 4) is 6.07 Å². The largest absolute Gasteiger partial charge is 0.393 e. The summed E-state index contributed by atoms with van der Waals surface area (Å²) in [5.74, 6) is 0. The van der Waals surface area contributed by atoms with Crippen LogP contribution >= 0.6 is 0 Å². The fraction of sp³-hybridized carbons (Fsp3) is 0.875. The van der Waals surface area contributed by atoms with E-state index in [2.05, 4.69) is 6.07 Å². The van der Waals surface area contributed by atoms with E-state index in [1.54, 1.807) is 0 Å². The summed E-state index contributed by atoms with van der Waals surface area (Å²) in [5, 5.41) is 17.3. The molecule has 0 aliphatic rings. The van der Waals surface area contributed by atoms with Crippen molar-refractivity contribution in [2.75, 3.05) is 0 Å². The van der Waals surface area contributed by atoms with Crippen LogP contribution in [-0.2, 0) is 0 Å². The van der Waals surface area contributed by atoms with Crippen molar-refractivity contribution in [2.24, 2.45) is 0 Å². The Hall–Kier alpha value is -0.550. The predicted octanol–water partition coefficient (Wildman–Crippen LogP) is 1.84. The Morgan fingerprint density at radius 1 is 1.50 bits per heavy atom. The third-order valence-electron chi connectivity index (χ3n) is 1.55. The summed E-state index contributed by atoms with van der Waals surface area (Å²) < 4.78 is 0. The van der Waals surface area contributed by atoms with Gasteiger partial charge in [0.2, 0.25) is 0 Å². The average Bonchev–Trinajstić information content (AvgIpc) is 1.98. The summed E-state index contributed by atoms with van der Waals surface area (Å²) in [7, 11) is 0. The van der Waals surface area contributed by atoms with Crippen molar-refractivity contribution in [1.82, 2.24) is 0 Å². The van der Waals surface area contributed by atoms with E-state index in [1.807, 2.05) is 6.92 Å². The molecule has 0 heterocycles. The summed E-state index contributed by atoms with van der Waals surface area (Å²) in [6.45, 7) is 1.97. The Labute approximate surface area is 62.5 Å². The zero-order chi connectivity index (χ0) is 7.82. The highest BCUT2D eigenvalue weighted by atomic mass is 16.3. The van der Waals surface area contributed by atoms with Gasteiger partial charge in [-0.1, -0.05) is 6.92 Å². The molecule has 0 radical (unpaired) electrons. The minimum atomic E-state index is -0.154.